The van der Waals surface area contributed by atoms with Gasteiger partial charge in [-0.25, -0.2) is 0 Å². The van der Waals surface area contributed by atoms with Crippen LogP contribution >= 0.6 is 11.6 Å². The van der Waals surface area contributed by atoms with Gasteiger partial charge in [-0.15, -0.1) is 0 Å². The molecule has 0 radical (unpaired) electrons. The van der Waals surface area contributed by atoms with Crippen LogP contribution in [0.25, 0.3) is 11.0 Å². The Morgan fingerprint density at radius 3 is 2.76 bits per heavy atom. The van der Waals surface area contributed by atoms with Gasteiger partial charge in [0.15, 0.2) is 5.76 Å². The van der Waals surface area contributed by atoms with Crippen LogP contribution in [0.15, 0.2) is 22.6 Å². The molecule has 4 nitrogen and oxygen atoms in total. The van der Waals surface area contributed by atoms with Crippen molar-refractivity contribution in [2.24, 2.45) is 0 Å². The first-order chi connectivity index (χ1) is 10.1. The van der Waals surface area contributed by atoms with Gasteiger partial charge in [-0.05, 0) is 45.0 Å². The maximum absolute atomic E-state index is 12.6. The van der Waals surface area contributed by atoms with Gasteiger partial charge in [-0.3, -0.25) is 4.79 Å². The van der Waals surface area contributed by atoms with Crippen LogP contribution in [0.4, 0.5) is 0 Å². The molecule has 0 unspecified atom stereocenters. The van der Waals surface area contributed by atoms with Gasteiger partial charge in [0.2, 0.25) is 0 Å². The summed E-state index contributed by atoms with van der Waals surface area (Å²) < 4.78 is 5.76. The van der Waals surface area contributed by atoms with E-state index in [0.29, 0.717) is 22.4 Å². The lowest BCUT2D eigenvalue weighted by Crippen LogP contribution is -2.44. The lowest BCUT2D eigenvalue weighted by Gasteiger charge is -2.31. The smallest absolute Gasteiger partial charge is 0.289 e. The number of hydrogen-bond donors (Lipinski definition) is 1. The van der Waals surface area contributed by atoms with Crippen molar-refractivity contribution in [1.29, 1.82) is 0 Å². The second kappa shape index (κ2) is 5.70. The number of nitrogens with zero attached hydrogens (tertiary/aromatic N) is 1. The Morgan fingerprint density at radius 2 is 2.10 bits per heavy atom. The van der Waals surface area contributed by atoms with Crippen LogP contribution in [-0.2, 0) is 0 Å². The Morgan fingerprint density at radius 1 is 1.38 bits per heavy atom. The van der Waals surface area contributed by atoms with Crippen LogP contribution in [-0.4, -0.2) is 37.0 Å². The van der Waals surface area contributed by atoms with Gasteiger partial charge in [0.25, 0.3) is 5.91 Å². The number of rotatable bonds is 2. The van der Waals surface area contributed by atoms with Gasteiger partial charge in [-0.2, -0.15) is 0 Å². The molecule has 3 rings (SSSR count). The molecular formula is C16H19ClN2O2. The number of hydrogen-bond acceptors (Lipinski definition) is 3. The number of furan rings is 1. The monoisotopic (exact) mass is 306 g/mol. The topological polar surface area (TPSA) is 45.5 Å². The van der Waals surface area contributed by atoms with Crippen LogP contribution in [0.3, 0.4) is 0 Å². The predicted molar refractivity (Wildman–Crippen MR) is 83.9 cm³/mol. The minimum atomic E-state index is -0.0191. The molecule has 5 heteroatoms. The van der Waals surface area contributed by atoms with E-state index in [0.717, 1.165) is 36.9 Å². The zero-order chi connectivity index (χ0) is 15.0. The molecule has 1 aromatic heterocycles. The van der Waals surface area contributed by atoms with Crippen molar-refractivity contribution in [1.82, 2.24) is 10.2 Å². The molecule has 1 saturated heterocycles. The number of halogens is 1. The Balaban J connectivity index is 1.87. The average Bonchev–Trinajstić information content (AvgIpc) is 2.83. The van der Waals surface area contributed by atoms with E-state index in [1.165, 1.54) is 0 Å². The zero-order valence-corrected chi connectivity index (χ0v) is 13.0. The van der Waals surface area contributed by atoms with Crippen molar-refractivity contribution < 1.29 is 9.21 Å². The van der Waals surface area contributed by atoms with Gasteiger partial charge >= 0.3 is 0 Å². The standard InChI is InChI=1S/C16H19ClN2O2/c1-10-13-9-11(17)3-4-14(13)21-15(10)16(20)19-7-5-12(18-2)6-8-19/h3-4,9,12,18H,5-8H2,1-2H3. The summed E-state index contributed by atoms with van der Waals surface area (Å²) in [5, 5.41) is 4.83. The minimum Gasteiger partial charge on any atom is -0.451 e. The summed E-state index contributed by atoms with van der Waals surface area (Å²) in [7, 11) is 1.97. The molecule has 1 aliphatic heterocycles. The summed E-state index contributed by atoms with van der Waals surface area (Å²) in [5.41, 5.74) is 1.58. The first-order valence-electron chi connectivity index (χ1n) is 7.25. The second-order valence-corrected chi connectivity index (χ2v) is 5.99. The van der Waals surface area contributed by atoms with Gasteiger partial charge in [0.05, 0.1) is 0 Å². The van der Waals surface area contributed by atoms with Gasteiger partial charge in [0.1, 0.15) is 5.58 Å². The number of amides is 1. The summed E-state index contributed by atoms with van der Waals surface area (Å²) in [6.45, 7) is 3.44. The van der Waals surface area contributed by atoms with Gasteiger partial charge in [-0.1, -0.05) is 11.6 Å². The third kappa shape index (κ3) is 2.65. The molecule has 1 amide bonds. The van der Waals surface area contributed by atoms with E-state index >= 15 is 0 Å². The maximum Gasteiger partial charge on any atom is 0.289 e. The number of piperidine rings is 1. The Labute approximate surface area is 129 Å². The molecule has 112 valence electrons. The highest BCUT2D eigenvalue weighted by Crippen LogP contribution is 2.29. The molecule has 21 heavy (non-hydrogen) atoms. The van der Waals surface area contributed by atoms with Crippen LogP contribution in [0.1, 0.15) is 29.0 Å². The molecule has 1 aliphatic rings. The molecule has 1 aromatic carbocycles. The average molecular weight is 307 g/mol. The number of carbonyl (C=O) groups excluding carboxylic acids is 1. The highest BCUT2D eigenvalue weighted by molar-refractivity contribution is 6.31. The summed E-state index contributed by atoms with van der Waals surface area (Å²) in [5.74, 6) is 0.421. The second-order valence-electron chi connectivity index (χ2n) is 5.55. The number of carbonyl (C=O) groups is 1. The fourth-order valence-electron chi connectivity index (χ4n) is 2.91. The quantitative estimate of drug-likeness (QED) is 0.926. The Hall–Kier alpha value is -1.52. The molecule has 0 spiro atoms. The molecule has 2 aromatic rings. The highest BCUT2D eigenvalue weighted by atomic mass is 35.5. The number of likely N-dealkylation sites (tertiary alicyclic amines) is 1. The Kier molecular flexibility index (Phi) is 3.91. The van der Waals surface area contributed by atoms with Crippen molar-refractivity contribution >= 4 is 28.5 Å². The van der Waals surface area contributed by atoms with Crippen LogP contribution < -0.4 is 5.32 Å². The molecular weight excluding hydrogens is 288 g/mol. The number of aryl methyl sites for hydroxylation is 1. The van der Waals surface area contributed by atoms with Gasteiger partial charge in [0, 0.05) is 35.1 Å². The lowest BCUT2D eigenvalue weighted by atomic mass is 10.0. The van der Waals surface area contributed by atoms with Crippen molar-refractivity contribution in [3.8, 4) is 0 Å². The van der Waals surface area contributed by atoms with E-state index in [9.17, 15) is 4.79 Å². The predicted octanol–water partition coefficient (Wildman–Crippen LogP) is 3.22. The third-order valence-electron chi connectivity index (χ3n) is 4.28. The van der Waals surface area contributed by atoms with E-state index in [1.807, 2.05) is 31.0 Å². The Bertz CT molecular complexity index is 672. The highest BCUT2D eigenvalue weighted by Gasteiger charge is 2.27. The van der Waals surface area contributed by atoms with E-state index in [4.69, 9.17) is 16.0 Å². The molecule has 0 atom stereocenters. The number of nitrogens with one attached hydrogen (secondary N) is 1. The summed E-state index contributed by atoms with van der Waals surface area (Å²) in [4.78, 5) is 14.5. The van der Waals surface area contributed by atoms with E-state index in [-0.39, 0.29) is 5.91 Å². The van der Waals surface area contributed by atoms with Crippen molar-refractivity contribution in [3.63, 3.8) is 0 Å². The maximum atomic E-state index is 12.6. The summed E-state index contributed by atoms with van der Waals surface area (Å²) >= 11 is 6.02. The first kappa shape index (κ1) is 14.4. The number of benzene rings is 1. The lowest BCUT2D eigenvalue weighted by molar-refractivity contribution is 0.0676. The van der Waals surface area contributed by atoms with Crippen LogP contribution in [0.5, 0.6) is 0 Å². The zero-order valence-electron chi connectivity index (χ0n) is 12.3. The van der Waals surface area contributed by atoms with Gasteiger partial charge < -0.3 is 14.6 Å². The van der Waals surface area contributed by atoms with Crippen molar-refractivity contribution in [2.45, 2.75) is 25.8 Å². The van der Waals surface area contributed by atoms with E-state index < -0.39 is 0 Å². The van der Waals surface area contributed by atoms with Crippen LogP contribution in [0.2, 0.25) is 5.02 Å². The summed E-state index contributed by atoms with van der Waals surface area (Å²) in [6.07, 6.45) is 1.96. The molecule has 0 saturated carbocycles. The molecule has 2 heterocycles. The van der Waals surface area contributed by atoms with Crippen molar-refractivity contribution in [3.05, 3.63) is 34.5 Å². The number of fused-ring (bicyclic) bond motifs is 1. The molecule has 1 N–H and O–H groups in total. The van der Waals surface area contributed by atoms with E-state index in [2.05, 4.69) is 5.32 Å². The summed E-state index contributed by atoms with van der Waals surface area (Å²) in [6, 6.07) is 5.94. The fraction of sp³-hybridized carbons (Fsp3) is 0.438. The molecule has 1 fully saturated rings. The SMILES string of the molecule is CNC1CCN(C(=O)c2oc3ccc(Cl)cc3c2C)CC1. The molecule has 0 bridgehead atoms. The van der Waals surface area contributed by atoms with Crippen LogP contribution in [0, 0.1) is 6.92 Å². The van der Waals surface area contributed by atoms with Crippen molar-refractivity contribution in [2.75, 3.05) is 20.1 Å². The molecule has 0 aliphatic carbocycles. The first-order valence-corrected chi connectivity index (χ1v) is 7.63. The largest absolute Gasteiger partial charge is 0.451 e. The third-order valence-corrected chi connectivity index (χ3v) is 4.52. The van der Waals surface area contributed by atoms with E-state index in [1.54, 1.807) is 6.07 Å². The minimum absolute atomic E-state index is 0.0191. The fourth-order valence-corrected chi connectivity index (χ4v) is 3.08. The normalized spacial score (nSPS) is 16.6.